The molecule has 1 aromatic heterocycles. The number of aromatic nitrogens is 1. The van der Waals surface area contributed by atoms with Crippen molar-refractivity contribution in [2.45, 2.75) is 41.7 Å². The normalized spacial score (nSPS) is 15.7. The van der Waals surface area contributed by atoms with Crippen molar-refractivity contribution >= 4 is 37.3 Å². The van der Waals surface area contributed by atoms with Gasteiger partial charge in [-0.15, -0.1) is 11.3 Å². The smallest absolute Gasteiger partial charge is 0.240 e. The number of carbonyl (C=O) groups excluding carboxylic acids is 1. The van der Waals surface area contributed by atoms with Gasteiger partial charge in [0.05, 0.1) is 15.5 Å². The van der Waals surface area contributed by atoms with Crippen LogP contribution in [0.1, 0.15) is 32.1 Å². The number of nitrogens with zero attached hydrogens (tertiary/aromatic N) is 1. The van der Waals surface area contributed by atoms with E-state index in [-0.39, 0.29) is 5.25 Å². The molecule has 124 valence electrons. The fourth-order valence-corrected chi connectivity index (χ4v) is 5.79. The molecule has 2 aromatic rings. The molecule has 5 nitrogen and oxygen atoms in total. The summed E-state index contributed by atoms with van der Waals surface area (Å²) in [5, 5.41) is -0.216. The van der Waals surface area contributed by atoms with Gasteiger partial charge in [0.15, 0.2) is 0 Å². The van der Waals surface area contributed by atoms with Crippen LogP contribution in [0.25, 0.3) is 10.2 Å². The number of thiazole rings is 1. The van der Waals surface area contributed by atoms with Crippen LogP contribution in [0, 0.1) is 0 Å². The van der Waals surface area contributed by atoms with E-state index in [2.05, 4.69) is 17.3 Å². The fraction of sp³-hybridized carbons (Fsp3) is 0.375. The summed E-state index contributed by atoms with van der Waals surface area (Å²) in [7, 11) is -3.22. The predicted octanol–water partition coefficient (Wildman–Crippen LogP) is 3.06. The van der Waals surface area contributed by atoms with Crippen molar-refractivity contribution in [2.24, 2.45) is 5.73 Å². The van der Waals surface area contributed by atoms with Crippen LogP contribution < -0.4 is 5.73 Å². The number of benzene rings is 1. The van der Waals surface area contributed by atoms with Gasteiger partial charge in [-0.25, -0.2) is 13.4 Å². The Morgan fingerprint density at radius 2 is 1.87 bits per heavy atom. The first-order valence-electron chi connectivity index (χ1n) is 7.46. The predicted molar refractivity (Wildman–Crippen MR) is 93.1 cm³/mol. The average Bonchev–Trinajstić information content (AvgIpc) is 3.01. The summed E-state index contributed by atoms with van der Waals surface area (Å²) in [4.78, 5) is 13.8. The molecule has 0 bridgehead atoms. The number of primary amides is 1. The van der Waals surface area contributed by atoms with Crippen molar-refractivity contribution in [3.05, 3.63) is 36.9 Å². The maximum absolute atomic E-state index is 12.5. The van der Waals surface area contributed by atoms with E-state index in [0.29, 0.717) is 4.34 Å². The second kappa shape index (κ2) is 7.70. The van der Waals surface area contributed by atoms with Crippen molar-refractivity contribution in [2.75, 3.05) is 0 Å². The number of hydrogen-bond donors (Lipinski definition) is 1. The first-order chi connectivity index (χ1) is 10.9. The molecule has 0 aliphatic heterocycles. The number of fused-ring (bicyclic) bond motifs is 1. The molecular weight excluding hydrogens is 332 g/mol. The first kappa shape index (κ1) is 17.6. The minimum atomic E-state index is -3.22. The zero-order chi connectivity index (χ0) is 16.9. The number of sulfone groups is 1. The van der Waals surface area contributed by atoms with Crippen LogP contribution in [0.15, 0.2) is 41.3 Å². The largest absolute Gasteiger partial charge is 0.366 e. The summed E-state index contributed by atoms with van der Waals surface area (Å²) < 4.78 is 26.3. The highest BCUT2D eigenvalue weighted by atomic mass is 32.2. The van der Waals surface area contributed by atoms with Gasteiger partial charge in [0.25, 0.3) is 0 Å². The summed E-state index contributed by atoms with van der Waals surface area (Å²) in [6, 6.07) is 7.59. The van der Waals surface area contributed by atoms with Crippen LogP contribution in [0.2, 0.25) is 0 Å². The molecule has 1 aliphatic carbocycles. The third-order valence-corrected chi connectivity index (χ3v) is 7.41. The van der Waals surface area contributed by atoms with Crippen molar-refractivity contribution < 1.29 is 13.2 Å². The van der Waals surface area contributed by atoms with Gasteiger partial charge in [-0.3, -0.25) is 4.79 Å². The van der Waals surface area contributed by atoms with E-state index in [1.165, 1.54) is 11.3 Å². The van der Waals surface area contributed by atoms with Crippen LogP contribution in [0.5, 0.6) is 0 Å². The van der Waals surface area contributed by atoms with Crippen molar-refractivity contribution in [1.29, 1.82) is 0 Å². The van der Waals surface area contributed by atoms with Crippen molar-refractivity contribution in [3.63, 3.8) is 0 Å². The molecule has 1 aromatic carbocycles. The molecule has 3 rings (SSSR count). The van der Waals surface area contributed by atoms with E-state index in [1.54, 1.807) is 0 Å². The standard InChI is InChI=1S/C13H15NO2S2.C3H5NO/c15-18(16,10-6-2-1-3-7-10)13-14-11-8-4-5-9-12(11)17-13;1-2-3(4)5/h4-5,8-10H,1-3,6-7H2;2H,1H2,(H2,4,5). The van der Waals surface area contributed by atoms with E-state index in [9.17, 15) is 13.2 Å². The number of amides is 1. The molecule has 0 saturated heterocycles. The summed E-state index contributed by atoms with van der Waals surface area (Å²) >= 11 is 1.30. The Kier molecular flexibility index (Phi) is 5.90. The Morgan fingerprint density at radius 3 is 2.43 bits per heavy atom. The van der Waals surface area contributed by atoms with Gasteiger partial charge < -0.3 is 5.73 Å². The van der Waals surface area contributed by atoms with Gasteiger partial charge in [0.2, 0.25) is 20.1 Å². The Balaban J connectivity index is 0.000000338. The summed E-state index contributed by atoms with van der Waals surface area (Å²) in [6.45, 7) is 3.09. The van der Waals surface area contributed by atoms with Gasteiger partial charge in [0, 0.05) is 0 Å². The van der Waals surface area contributed by atoms with E-state index >= 15 is 0 Å². The Hall–Kier alpha value is -1.73. The van der Waals surface area contributed by atoms with E-state index in [1.807, 2.05) is 24.3 Å². The van der Waals surface area contributed by atoms with E-state index in [0.717, 1.165) is 48.4 Å². The van der Waals surface area contributed by atoms with Gasteiger partial charge in [-0.05, 0) is 31.1 Å². The number of carbonyl (C=O) groups is 1. The maximum Gasteiger partial charge on any atom is 0.240 e. The van der Waals surface area contributed by atoms with E-state index in [4.69, 9.17) is 0 Å². The molecule has 0 atom stereocenters. The molecule has 23 heavy (non-hydrogen) atoms. The van der Waals surface area contributed by atoms with Gasteiger partial charge in [0.1, 0.15) is 0 Å². The van der Waals surface area contributed by atoms with Crippen LogP contribution in [0.3, 0.4) is 0 Å². The van der Waals surface area contributed by atoms with Gasteiger partial charge in [-0.2, -0.15) is 0 Å². The lowest BCUT2D eigenvalue weighted by atomic mass is 10.0. The lowest BCUT2D eigenvalue weighted by Crippen LogP contribution is -2.23. The summed E-state index contributed by atoms with van der Waals surface area (Å²) in [5.74, 6) is -0.481. The second-order valence-electron chi connectivity index (χ2n) is 5.36. The molecule has 1 heterocycles. The minimum absolute atomic E-state index is 0.216. The third-order valence-electron chi connectivity index (χ3n) is 3.71. The highest BCUT2D eigenvalue weighted by molar-refractivity contribution is 7.94. The van der Waals surface area contributed by atoms with Crippen molar-refractivity contribution in [3.8, 4) is 0 Å². The summed E-state index contributed by atoms with van der Waals surface area (Å²) in [5.41, 5.74) is 5.32. The second-order valence-corrected chi connectivity index (χ2v) is 8.79. The minimum Gasteiger partial charge on any atom is -0.366 e. The zero-order valence-electron chi connectivity index (χ0n) is 12.8. The molecule has 2 N–H and O–H groups in total. The molecule has 0 radical (unpaired) electrons. The third kappa shape index (κ3) is 4.39. The SMILES string of the molecule is C=CC(N)=O.O=S(=O)(c1nc2ccccc2s1)C1CCCCC1. The highest BCUT2D eigenvalue weighted by Gasteiger charge is 2.31. The number of para-hydroxylation sites is 1. The Bertz CT molecular complexity index is 758. The Labute approximate surface area is 140 Å². The molecule has 0 spiro atoms. The van der Waals surface area contributed by atoms with Crippen molar-refractivity contribution in [1.82, 2.24) is 4.98 Å². The lowest BCUT2D eigenvalue weighted by Gasteiger charge is -2.20. The molecule has 1 amide bonds. The fourth-order valence-electron chi connectivity index (χ4n) is 2.49. The molecule has 7 heteroatoms. The first-order valence-corrected chi connectivity index (χ1v) is 9.83. The summed E-state index contributed by atoms with van der Waals surface area (Å²) in [6.07, 6.45) is 5.84. The maximum atomic E-state index is 12.5. The van der Waals surface area contributed by atoms with Crippen LogP contribution >= 0.6 is 11.3 Å². The Morgan fingerprint density at radius 1 is 1.26 bits per heavy atom. The molecule has 0 unspecified atom stereocenters. The van der Waals surface area contributed by atoms with Gasteiger partial charge >= 0.3 is 0 Å². The topological polar surface area (TPSA) is 90.1 Å². The van der Waals surface area contributed by atoms with Gasteiger partial charge in [-0.1, -0.05) is 38.0 Å². The average molecular weight is 352 g/mol. The van der Waals surface area contributed by atoms with E-state index < -0.39 is 15.7 Å². The monoisotopic (exact) mass is 352 g/mol. The number of nitrogens with two attached hydrogens (primary N) is 1. The molecule has 1 aliphatic rings. The quantitative estimate of drug-likeness (QED) is 0.860. The number of hydrogen-bond acceptors (Lipinski definition) is 5. The molecule has 1 fully saturated rings. The highest BCUT2D eigenvalue weighted by Crippen LogP contribution is 2.32. The zero-order valence-corrected chi connectivity index (χ0v) is 14.4. The lowest BCUT2D eigenvalue weighted by molar-refractivity contribution is -0.113. The van der Waals surface area contributed by atoms with Crippen LogP contribution in [-0.2, 0) is 14.6 Å². The molecule has 1 saturated carbocycles. The van der Waals surface area contributed by atoms with Crippen LogP contribution in [-0.4, -0.2) is 24.6 Å². The molecular formula is C16H20N2O3S2. The number of rotatable bonds is 3. The van der Waals surface area contributed by atoms with Crippen LogP contribution in [0.4, 0.5) is 0 Å².